The second kappa shape index (κ2) is 7.09. The molecule has 2 aromatic heterocycles. The quantitative estimate of drug-likeness (QED) is 0.831. The monoisotopic (exact) mass is 364 g/mol. The summed E-state index contributed by atoms with van der Waals surface area (Å²) in [6.45, 7) is 5.97. The number of nitrogens with one attached hydrogen (secondary N) is 1. The molecule has 0 fully saturated rings. The van der Waals surface area contributed by atoms with Crippen LogP contribution in [0.4, 0.5) is 5.82 Å². The molecule has 0 aliphatic carbocycles. The van der Waals surface area contributed by atoms with Crippen LogP contribution >= 0.6 is 0 Å². The normalized spacial score (nSPS) is 15.2. The van der Waals surface area contributed by atoms with Gasteiger partial charge in [-0.25, -0.2) is 18.4 Å². The zero-order valence-electron chi connectivity index (χ0n) is 14.9. The Labute approximate surface area is 148 Å². The fourth-order valence-corrected chi connectivity index (χ4v) is 3.74. The molecule has 1 N–H and O–H groups in total. The molecule has 25 heavy (non-hydrogen) atoms. The molecule has 3 heterocycles. The predicted octanol–water partition coefficient (Wildman–Crippen LogP) is 1.32. The highest BCUT2D eigenvalue weighted by molar-refractivity contribution is 7.88. The fraction of sp³-hybridized carbons (Fsp3) is 0.562. The summed E-state index contributed by atoms with van der Waals surface area (Å²) in [5.41, 5.74) is 2.82. The Bertz CT molecular complexity index is 862. The SMILES string of the molecule is CCCc1cc(NCc2cc3n(n2)CCN(S(C)(=O)=O)C3)nc(C)n1. The molecule has 9 heteroatoms. The second-order valence-electron chi connectivity index (χ2n) is 6.34. The van der Waals surface area contributed by atoms with Crippen LogP contribution in [0.1, 0.15) is 36.3 Å². The van der Waals surface area contributed by atoms with Crippen molar-refractivity contribution in [3.63, 3.8) is 0 Å². The minimum atomic E-state index is -3.17. The van der Waals surface area contributed by atoms with E-state index in [1.807, 2.05) is 23.7 Å². The summed E-state index contributed by atoms with van der Waals surface area (Å²) in [6, 6.07) is 3.92. The number of aromatic nitrogens is 4. The number of sulfonamides is 1. The molecule has 8 nitrogen and oxygen atoms in total. The number of rotatable bonds is 6. The van der Waals surface area contributed by atoms with Crippen molar-refractivity contribution in [2.24, 2.45) is 0 Å². The van der Waals surface area contributed by atoms with Crippen molar-refractivity contribution in [2.75, 3.05) is 18.1 Å². The average molecular weight is 364 g/mol. The largest absolute Gasteiger partial charge is 0.364 e. The van der Waals surface area contributed by atoms with Gasteiger partial charge in [0.15, 0.2) is 0 Å². The summed E-state index contributed by atoms with van der Waals surface area (Å²) >= 11 is 0. The standard InChI is InChI=1S/C16H24N6O2S/c1-4-5-13-9-16(19-12(2)18-13)17-10-14-8-15-11-21(25(3,23)24)6-7-22(15)20-14/h8-9H,4-7,10-11H2,1-3H3,(H,17,18,19). The molecule has 1 aliphatic rings. The van der Waals surface area contributed by atoms with Crippen molar-refractivity contribution < 1.29 is 8.42 Å². The van der Waals surface area contributed by atoms with E-state index in [2.05, 4.69) is 27.3 Å². The highest BCUT2D eigenvalue weighted by Gasteiger charge is 2.24. The summed E-state index contributed by atoms with van der Waals surface area (Å²) in [6.07, 6.45) is 3.21. The van der Waals surface area contributed by atoms with Gasteiger partial charge in [0.1, 0.15) is 11.6 Å². The van der Waals surface area contributed by atoms with Crippen LogP contribution in [-0.4, -0.2) is 45.3 Å². The Morgan fingerprint density at radius 3 is 2.72 bits per heavy atom. The third-order valence-corrected chi connectivity index (χ3v) is 5.38. The molecule has 0 saturated heterocycles. The van der Waals surface area contributed by atoms with E-state index in [1.54, 1.807) is 0 Å². The van der Waals surface area contributed by atoms with Crippen LogP contribution in [0.3, 0.4) is 0 Å². The molecule has 0 amide bonds. The number of hydrogen-bond donors (Lipinski definition) is 1. The number of fused-ring (bicyclic) bond motifs is 1. The lowest BCUT2D eigenvalue weighted by Gasteiger charge is -2.25. The first-order valence-corrected chi connectivity index (χ1v) is 10.3. The van der Waals surface area contributed by atoms with Gasteiger partial charge in [-0.15, -0.1) is 0 Å². The van der Waals surface area contributed by atoms with Crippen LogP contribution < -0.4 is 5.32 Å². The van der Waals surface area contributed by atoms with E-state index in [-0.39, 0.29) is 0 Å². The lowest BCUT2D eigenvalue weighted by molar-refractivity contribution is 0.328. The van der Waals surface area contributed by atoms with Crippen LogP contribution in [0.25, 0.3) is 0 Å². The molecule has 0 aromatic carbocycles. The molecule has 0 unspecified atom stereocenters. The molecule has 136 valence electrons. The van der Waals surface area contributed by atoms with E-state index < -0.39 is 10.0 Å². The third kappa shape index (κ3) is 4.35. The Balaban J connectivity index is 1.69. The van der Waals surface area contributed by atoms with Crippen molar-refractivity contribution in [2.45, 2.75) is 46.3 Å². The molecule has 0 radical (unpaired) electrons. The maximum absolute atomic E-state index is 11.7. The van der Waals surface area contributed by atoms with E-state index in [0.717, 1.165) is 41.6 Å². The Kier molecular flexibility index (Phi) is 5.05. The van der Waals surface area contributed by atoms with Crippen molar-refractivity contribution >= 4 is 15.8 Å². The topological polar surface area (TPSA) is 93.0 Å². The van der Waals surface area contributed by atoms with Gasteiger partial charge in [0, 0.05) is 18.3 Å². The second-order valence-corrected chi connectivity index (χ2v) is 8.32. The number of aryl methyl sites for hydroxylation is 2. The van der Waals surface area contributed by atoms with Gasteiger partial charge in [-0.3, -0.25) is 4.68 Å². The molecule has 0 spiro atoms. The van der Waals surface area contributed by atoms with Crippen molar-refractivity contribution in [1.82, 2.24) is 24.1 Å². The minimum absolute atomic E-state index is 0.374. The Morgan fingerprint density at radius 1 is 1.20 bits per heavy atom. The number of hydrogen-bond acceptors (Lipinski definition) is 6. The first-order valence-electron chi connectivity index (χ1n) is 8.44. The van der Waals surface area contributed by atoms with Gasteiger partial charge < -0.3 is 5.32 Å². The first-order chi connectivity index (χ1) is 11.8. The van der Waals surface area contributed by atoms with Crippen LogP contribution in [0.5, 0.6) is 0 Å². The van der Waals surface area contributed by atoms with Gasteiger partial charge >= 0.3 is 0 Å². The molecule has 0 bridgehead atoms. The van der Waals surface area contributed by atoms with Crippen molar-refractivity contribution in [3.05, 3.63) is 35.0 Å². The van der Waals surface area contributed by atoms with Crippen LogP contribution in [0, 0.1) is 6.92 Å². The van der Waals surface area contributed by atoms with Gasteiger partial charge in [0.05, 0.1) is 37.3 Å². The van der Waals surface area contributed by atoms with Crippen molar-refractivity contribution in [1.29, 1.82) is 0 Å². The van der Waals surface area contributed by atoms with E-state index in [0.29, 0.717) is 26.2 Å². The third-order valence-electron chi connectivity index (χ3n) is 4.13. The van der Waals surface area contributed by atoms with Gasteiger partial charge in [0.25, 0.3) is 0 Å². The van der Waals surface area contributed by atoms with Crippen LogP contribution in [0.15, 0.2) is 12.1 Å². The number of anilines is 1. The first kappa shape index (κ1) is 17.8. The zero-order chi connectivity index (χ0) is 18.0. The van der Waals surface area contributed by atoms with Gasteiger partial charge in [-0.05, 0) is 19.4 Å². The lowest BCUT2D eigenvalue weighted by Crippen LogP contribution is -2.37. The molecule has 1 aliphatic heterocycles. The molecule has 2 aromatic rings. The van der Waals surface area contributed by atoms with E-state index in [9.17, 15) is 8.42 Å². The van der Waals surface area contributed by atoms with Gasteiger partial charge in [-0.1, -0.05) is 13.3 Å². The summed E-state index contributed by atoms with van der Waals surface area (Å²) in [4.78, 5) is 8.84. The summed E-state index contributed by atoms with van der Waals surface area (Å²) < 4.78 is 26.8. The predicted molar refractivity (Wildman–Crippen MR) is 95.6 cm³/mol. The van der Waals surface area contributed by atoms with E-state index in [1.165, 1.54) is 10.6 Å². The average Bonchev–Trinajstić information content (AvgIpc) is 2.94. The van der Waals surface area contributed by atoms with Gasteiger partial charge in [-0.2, -0.15) is 9.40 Å². The summed E-state index contributed by atoms with van der Waals surface area (Å²) in [7, 11) is -3.17. The molecule has 0 saturated carbocycles. The molecular formula is C16H24N6O2S. The highest BCUT2D eigenvalue weighted by atomic mass is 32.2. The maximum atomic E-state index is 11.7. The van der Waals surface area contributed by atoms with E-state index in [4.69, 9.17) is 0 Å². The lowest BCUT2D eigenvalue weighted by atomic mass is 10.2. The summed E-state index contributed by atoms with van der Waals surface area (Å²) in [5, 5.41) is 7.85. The Hall–Kier alpha value is -2.00. The van der Waals surface area contributed by atoms with Gasteiger partial charge in [0.2, 0.25) is 10.0 Å². The fourth-order valence-electron chi connectivity index (χ4n) is 2.96. The smallest absolute Gasteiger partial charge is 0.211 e. The number of nitrogens with zero attached hydrogens (tertiary/aromatic N) is 5. The zero-order valence-corrected chi connectivity index (χ0v) is 15.7. The van der Waals surface area contributed by atoms with Crippen LogP contribution in [0.2, 0.25) is 0 Å². The Morgan fingerprint density at radius 2 is 2.00 bits per heavy atom. The van der Waals surface area contributed by atoms with Crippen LogP contribution in [-0.2, 0) is 36.1 Å². The van der Waals surface area contributed by atoms with Crippen molar-refractivity contribution in [3.8, 4) is 0 Å². The maximum Gasteiger partial charge on any atom is 0.211 e. The summed E-state index contributed by atoms with van der Waals surface area (Å²) in [5.74, 6) is 1.54. The molecule has 3 rings (SSSR count). The molecule has 0 atom stereocenters. The highest BCUT2D eigenvalue weighted by Crippen LogP contribution is 2.17. The molecular weight excluding hydrogens is 340 g/mol. The minimum Gasteiger partial charge on any atom is -0.364 e. The van der Waals surface area contributed by atoms with E-state index >= 15 is 0 Å².